The van der Waals surface area contributed by atoms with E-state index in [1.165, 1.54) is 167 Å². The smallest absolute Gasteiger partial charge is 0.391 e. The topological polar surface area (TPSA) is 105 Å². The Kier molecular flexibility index (Phi) is 40.1. The summed E-state index contributed by atoms with van der Waals surface area (Å²) in [5.41, 5.74) is 0. The van der Waals surface area contributed by atoms with Crippen molar-refractivity contribution in [3.8, 4) is 0 Å². The van der Waals surface area contributed by atoms with E-state index >= 15 is 0 Å². The third-order valence-corrected chi connectivity index (χ3v) is 12.2. The van der Waals surface area contributed by atoms with Crippen molar-refractivity contribution >= 4 is 13.7 Å². The highest BCUT2D eigenvalue weighted by atomic mass is 31.2. The van der Waals surface area contributed by atoms with Crippen molar-refractivity contribution in [1.29, 1.82) is 0 Å². The Hall–Kier alpha value is -0.760. The van der Waals surface area contributed by atoms with Gasteiger partial charge in [0.1, 0.15) is 13.2 Å². The van der Waals surface area contributed by atoms with Crippen LogP contribution < -0.4 is 5.32 Å². The van der Waals surface area contributed by atoms with Gasteiger partial charge in [-0.1, -0.05) is 206 Å². The minimum atomic E-state index is -4.32. The van der Waals surface area contributed by atoms with Gasteiger partial charge in [-0.15, -0.1) is 0 Å². The molecule has 1 unspecified atom stereocenters. The van der Waals surface area contributed by atoms with E-state index in [2.05, 4.69) is 31.3 Å². The Bertz CT molecular complexity index is 942. The van der Waals surface area contributed by atoms with Crippen molar-refractivity contribution in [2.75, 3.05) is 40.9 Å². The number of phosphoric ester groups is 1. The number of unbranched alkanes of at least 4 members (excludes halogenated alkanes) is 30. The molecule has 8 nitrogen and oxygen atoms in total. The zero-order valence-corrected chi connectivity index (χ0v) is 39.5. The predicted octanol–water partition coefficient (Wildman–Crippen LogP) is 13.9. The number of nitrogens with zero attached hydrogens (tertiary/aromatic N) is 1. The minimum absolute atomic E-state index is 0.0722. The van der Waals surface area contributed by atoms with E-state index in [1.54, 1.807) is 0 Å². The first-order valence-corrected chi connectivity index (χ1v) is 26.0. The number of hydrogen-bond donors (Lipinski definition) is 3. The summed E-state index contributed by atoms with van der Waals surface area (Å²) >= 11 is 0. The molecule has 0 aromatic heterocycles. The minimum Gasteiger partial charge on any atom is -0.391 e. The van der Waals surface area contributed by atoms with Crippen LogP contribution in [0.15, 0.2) is 12.2 Å². The van der Waals surface area contributed by atoms with Crippen molar-refractivity contribution in [2.24, 2.45) is 0 Å². The molecule has 57 heavy (non-hydrogen) atoms. The fraction of sp³-hybridized carbons (Fsp3) is 0.938. The number of quaternary nitrogens is 1. The summed E-state index contributed by atoms with van der Waals surface area (Å²) in [6.45, 7) is 4.88. The van der Waals surface area contributed by atoms with Gasteiger partial charge in [0.2, 0.25) is 5.91 Å². The summed E-state index contributed by atoms with van der Waals surface area (Å²) in [5.74, 6) is -0.150. The molecule has 0 fully saturated rings. The van der Waals surface area contributed by atoms with E-state index in [-0.39, 0.29) is 19.1 Å². The molecule has 0 spiro atoms. The Labute approximate surface area is 354 Å². The molecule has 1 amide bonds. The van der Waals surface area contributed by atoms with Crippen LogP contribution >= 0.6 is 7.82 Å². The van der Waals surface area contributed by atoms with Crippen LogP contribution in [0.3, 0.4) is 0 Å². The standard InChI is InChI=1S/C48H97N2O6P/c1-6-8-10-12-14-16-18-20-21-22-23-24-25-26-27-28-29-30-32-34-36-38-40-42-48(52)49-46(45-56-57(53,54)55-44-43-50(3,4)5)47(51)41-39-37-35-33-31-19-17-15-13-11-9-7-2/h31,33,46-47,51H,6-30,32,34-45H2,1-5H3,(H-,49,52,53,54)/p+1/b33-31+/t46-,47+/m0/s1. The summed E-state index contributed by atoms with van der Waals surface area (Å²) in [6.07, 6.45) is 46.8. The number of phosphoric acid groups is 1. The molecule has 0 rings (SSSR count). The lowest BCUT2D eigenvalue weighted by Crippen LogP contribution is -2.46. The van der Waals surface area contributed by atoms with Gasteiger partial charge in [0.05, 0.1) is 39.9 Å². The second-order valence-corrected chi connectivity index (χ2v) is 19.6. The number of hydrogen-bond acceptors (Lipinski definition) is 5. The van der Waals surface area contributed by atoms with Gasteiger partial charge in [-0.3, -0.25) is 13.8 Å². The van der Waals surface area contributed by atoms with Crippen LogP contribution in [0.4, 0.5) is 0 Å². The zero-order valence-electron chi connectivity index (χ0n) is 38.6. The molecule has 0 saturated carbocycles. The molecule has 3 atom stereocenters. The molecule has 0 aliphatic heterocycles. The Balaban J connectivity index is 4.17. The number of rotatable bonds is 45. The van der Waals surface area contributed by atoms with Gasteiger partial charge >= 0.3 is 7.82 Å². The number of amides is 1. The molecule has 0 aromatic carbocycles. The molecule has 0 aromatic rings. The van der Waals surface area contributed by atoms with E-state index in [9.17, 15) is 19.4 Å². The number of carbonyl (C=O) groups excluding carboxylic acids is 1. The van der Waals surface area contributed by atoms with Crippen molar-refractivity contribution in [1.82, 2.24) is 5.32 Å². The first kappa shape index (κ1) is 56.2. The van der Waals surface area contributed by atoms with Crippen LogP contribution in [0.5, 0.6) is 0 Å². The quantitative estimate of drug-likeness (QED) is 0.0244. The van der Waals surface area contributed by atoms with Gasteiger partial charge in [0.15, 0.2) is 0 Å². The SMILES string of the molecule is CCCCCCCC/C=C/CCCC[C@@H](O)[C@H](COP(=O)(O)OCC[N+](C)(C)C)NC(=O)CCCCCCCCCCCCCCCCCCCCCCCCC. The summed E-state index contributed by atoms with van der Waals surface area (Å²) in [6, 6.07) is -0.771. The summed E-state index contributed by atoms with van der Waals surface area (Å²) in [5, 5.41) is 13.9. The molecule has 0 aliphatic carbocycles. The fourth-order valence-electron chi connectivity index (χ4n) is 7.34. The molecule has 0 aliphatic rings. The van der Waals surface area contributed by atoms with Crippen LogP contribution in [0.1, 0.15) is 239 Å². The third-order valence-electron chi connectivity index (χ3n) is 11.3. The number of likely N-dealkylation sites (N-methyl/N-ethyl adjacent to an activating group) is 1. The molecule has 0 saturated heterocycles. The first-order chi connectivity index (χ1) is 27.5. The van der Waals surface area contributed by atoms with E-state index in [4.69, 9.17) is 9.05 Å². The summed E-state index contributed by atoms with van der Waals surface area (Å²) in [4.78, 5) is 23.2. The molecule has 340 valence electrons. The molecular weight excluding hydrogens is 732 g/mol. The van der Waals surface area contributed by atoms with Crippen molar-refractivity contribution in [3.63, 3.8) is 0 Å². The van der Waals surface area contributed by atoms with Crippen LogP contribution in [0.25, 0.3) is 0 Å². The second-order valence-electron chi connectivity index (χ2n) is 18.2. The van der Waals surface area contributed by atoms with E-state index < -0.39 is 20.0 Å². The summed E-state index contributed by atoms with van der Waals surface area (Å²) < 4.78 is 23.6. The molecule has 0 bridgehead atoms. The monoisotopic (exact) mass is 830 g/mol. The van der Waals surface area contributed by atoms with Crippen LogP contribution in [0, 0.1) is 0 Å². The van der Waals surface area contributed by atoms with Gasteiger partial charge < -0.3 is 19.8 Å². The fourth-order valence-corrected chi connectivity index (χ4v) is 8.07. The normalized spacial score (nSPS) is 14.3. The van der Waals surface area contributed by atoms with E-state index in [0.29, 0.717) is 23.9 Å². The zero-order chi connectivity index (χ0) is 42.1. The molecule has 3 N–H and O–H groups in total. The number of aliphatic hydroxyl groups is 1. The highest BCUT2D eigenvalue weighted by Crippen LogP contribution is 2.43. The number of nitrogens with one attached hydrogen (secondary N) is 1. The van der Waals surface area contributed by atoms with Crippen molar-refractivity contribution < 1.29 is 32.9 Å². The van der Waals surface area contributed by atoms with Crippen LogP contribution in [-0.4, -0.2) is 73.4 Å². The number of aliphatic hydroxyl groups excluding tert-OH is 1. The molecule has 9 heteroatoms. The van der Waals surface area contributed by atoms with Crippen LogP contribution in [-0.2, 0) is 18.4 Å². The lowest BCUT2D eigenvalue weighted by Gasteiger charge is -2.26. The Morgan fingerprint density at radius 2 is 0.947 bits per heavy atom. The number of carbonyl (C=O) groups is 1. The molecule has 0 radical (unpaired) electrons. The predicted molar refractivity (Wildman–Crippen MR) is 245 cm³/mol. The van der Waals surface area contributed by atoms with Crippen LogP contribution in [0.2, 0.25) is 0 Å². The van der Waals surface area contributed by atoms with Gasteiger partial charge in [0, 0.05) is 6.42 Å². The van der Waals surface area contributed by atoms with E-state index in [1.807, 2.05) is 21.1 Å². The van der Waals surface area contributed by atoms with Gasteiger partial charge in [0.25, 0.3) is 0 Å². The van der Waals surface area contributed by atoms with Gasteiger partial charge in [-0.05, 0) is 38.5 Å². The second kappa shape index (κ2) is 40.6. The maximum Gasteiger partial charge on any atom is 0.472 e. The van der Waals surface area contributed by atoms with Crippen molar-refractivity contribution in [2.45, 2.75) is 251 Å². The van der Waals surface area contributed by atoms with Gasteiger partial charge in [-0.25, -0.2) is 4.57 Å². The van der Waals surface area contributed by atoms with Gasteiger partial charge in [-0.2, -0.15) is 0 Å². The molecular formula is C48H98N2O6P+. The Morgan fingerprint density at radius 3 is 1.35 bits per heavy atom. The largest absolute Gasteiger partial charge is 0.472 e. The number of allylic oxidation sites excluding steroid dienone is 2. The third kappa shape index (κ3) is 43.1. The summed E-state index contributed by atoms with van der Waals surface area (Å²) in [7, 11) is 1.61. The molecule has 0 heterocycles. The lowest BCUT2D eigenvalue weighted by atomic mass is 10.0. The highest BCUT2D eigenvalue weighted by Gasteiger charge is 2.28. The Morgan fingerprint density at radius 1 is 0.579 bits per heavy atom. The van der Waals surface area contributed by atoms with Crippen molar-refractivity contribution in [3.05, 3.63) is 12.2 Å². The average Bonchev–Trinajstić information content (AvgIpc) is 3.16. The maximum absolute atomic E-state index is 12.9. The maximum atomic E-state index is 12.9. The van der Waals surface area contributed by atoms with E-state index in [0.717, 1.165) is 44.9 Å². The average molecular weight is 830 g/mol. The lowest BCUT2D eigenvalue weighted by molar-refractivity contribution is -0.870. The first-order valence-electron chi connectivity index (χ1n) is 24.6. The highest BCUT2D eigenvalue weighted by molar-refractivity contribution is 7.47.